The third kappa shape index (κ3) is 2.84. The minimum Gasteiger partial charge on any atom is -0.345 e. The maximum Gasteiger partial charge on any atom is 0.103 e. The Hall–Kier alpha value is -0.830. The summed E-state index contributed by atoms with van der Waals surface area (Å²) in [6.45, 7) is 5.16. The monoisotopic (exact) mass is 193 g/mol. The van der Waals surface area contributed by atoms with Gasteiger partial charge in [-0.05, 0) is 26.2 Å². The zero-order valence-electron chi connectivity index (χ0n) is 9.01. The summed E-state index contributed by atoms with van der Waals surface area (Å²) in [7, 11) is 0. The lowest BCUT2D eigenvalue weighted by Gasteiger charge is -2.11. The van der Waals surface area contributed by atoms with Gasteiger partial charge in [-0.1, -0.05) is 12.8 Å². The Morgan fingerprint density at radius 3 is 3.00 bits per heavy atom. The highest BCUT2D eigenvalue weighted by Crippen LogP contribution is 2.33. The maximum absolute atomic E-state index is 4.17. The Balaban J connectivity index is 1.70. The van der Waals surface area contributed by atoms with Crippen molar-refractivity contribution in [3.8, 4) is 0 Å². The Morgan fingerprint density at radius 2 is 2.43 bits per heavy atom. The van der Waals surface area contributed by atoms with Crippen LogP contribution in [0.1, 0.15) is 37.7 Å². The lowest BCUT2D eigenvalue weighted by Crippen LogP contribution is -2.26. The second kappa shape index (κ2) is 4.13. The largest absolute Gasteiger partial charge is 0.345 e. The van der Waals surface area contributed by atoms with Crippen molar-refractivity contribution in [3.63, 3.8) is 0 Å². The lowest BCUT2D eigenvalue weighted by molar-refractivity contribution is 0.484. The zero-order chi connectivity index (χ0) is 9.97. The standard InChI is InChI=1S/C11H19N3/c1-8(5-10-3-4-10)12-6-11-7-13-9(2)14-11/h7-8,10,12H,3-6H2,1-2H3,(H,13,14). The molecule has 0 radical (unpaired) electrons. The first kappa shape index (κ1) is 9.71. The van der Waals surface area contributed by atoms with Gasteiger partial charge in [0.25, 0.3) is 0 Å². The topological polar surface area (TPSA) is 40.7 Å². The van der Waals surface area contributed by atoms with E-state index in [2.05, 4.69) is 22.2 Å². The SMILES string of the molecule is Cc1ncc(CNC(C)CC2CC2)[nH]1. The van der Waals surface area contributed by atoms with Gasteiger partial charge in [0, 0.05) is 24.5 Å². The number of aryl methyl sites for hydroxylation is 1. The first-order valence-electron chi connectivity index (χ1n) is 5.48. The van der Waals surface area contributed by atoms with Crippen molar-refractivity contribution in [3.05, 3.63) is 17.7 Å². The Labute approximate surface area is 85.3 Å². The molecule has 1 atom stereocenters. The number of imidazole rings is 1. The number of nitrogens with zero attached hydrogens (tertiary/aromatic N) is 1. The molecule has 0 aromatic carbocycles. The van der Waals surface area contributed by atoms with E-state index in [-0.39, 0.29) is 0 Å². The molecule has 1 aromatic heterocycles. The molecular weight excluding hydrogens is 174 g/mol. The van der Waals surface area contributed by atoms with Crippen molar-refractivity contribution in [1.29, 1.82) is 0 Å². The summed E-state index contributed by atoms with van der Waals surface area (Å²) in [4.78, 5) is 7.40. The molecule has 0 saturated heterocycles. The highest BCUT2D eigenvalue weighted by Gasteiger charge is 2.23. The van der Waals surface area contributed by atoms with Crippen LogP contribution in [0.2, 0.25) is 0 Å². The first-order valence-corrected chi connectivity index (χ1v) is 5.48. The molecule has 1 heterocycles. The van der Waals surface area contributed by atoms with Gasteiger partial charge in [0.15, 0.2) is 0 Å². The van der Waals surface area contributed by atoms with Crippen molar-refractivity contribution < 1.29 is 0 Å². The molecule has 0 spiro atoms. The zero-order valence-corrected chi connectivity index (χ0v) is 9.01. The molecule has 2 rings (SSSR count). The molecular formula is C11H19N3. The molecule has 2 N–H and O–H groups in total. The molecule has 0 amide bonds. The molecule has 1 aliphatic carbocycles. The number of aromatic nitrogens is 2. The van der Waals surface area contributed by atoms with Gasteiger partial charge in [-0.2, -0.15) is 0 Å². The number of nitrogens with one attached hydrogen (secondary N) is 2. The van der Waals surface area contributed by atoms with Crippen LogP contribution in [0, 0.1) is 12.8 Å². The van der Waals surface area contributed by atoms with E-state index >= 15 is 0 Å². The summed E-state index contributed by atoms with van der Waals surface area (Å²) in [5.74, 6) is 2.00. The summed E-state index contributed by atoms with van der Waals surface area (Å²) in [6, 6.07) is 0.631. The van der Waals surface area contributed by atoms with E-state index < -0.39 is 0 Å². The van der Waals surface area contributed by atoms with Gasteiger partial charge >= 0.3 is 0 Å². The summed E-state index contributed by atoms with van der Waals surface area (Å²) < 4.78 is 0. The fourth-order valence-corrected chi connectivity index (χ4v) is 1.78. The van der Waals surface area contributed by atoms with E-state index in [9.17, 15) is 0 Å². The quantitative estimate of drug-likeness (QED) is 0.751. The highest BCUT2D eigenvalue weighted by atomic mass is 15.0. The molecule has 3 heteroatoms. The summed E-state index contributed by atoms with van der Waals surface area (Å²) >= 11 is 0. The van der Waals surface area contributed by atoms with Gasteiger partial charge in [0.2, 0.25) is 0 Å². The number of hydrogen-bond acceptors (Lipinski definition) is 2. The fraction of sp³-hybridized carbons (Fsp3) is 0.727. The summed E-state index contributed by atoms with van der Waals surface area (Å²) in [6.07, 6.45) is 6.11. The highest BCUT2D eigenvalue weighted by molar-refractivity contribution is 4.99. The molecule has 1 fully saturated rings. The average molecular weight is 193 g/mol. The number of H-pyrrole nitrogens is 1. The van der Waals surface area contributed by atoms with E-state index in [0.29, 0.717) is 6.04 Å². The van der Waals surface area contributed by atoms with Crippen molar-refractivity contribution in [1.82, 2.24) is 15.3 Å². The van der Waals surface area contributed by atoms with Crippen LogP contribution in [0.25, 0.3) is 0 Å². The van der Waals surface area contributed by atoms with E-state index in [0.717, 1.165) is 18.3 Å². The molecule has 1 saturated carbocycles. The first-order chi connectivity index (χ1) is 6.74. The molecule has 1 aliphatic rings. The molecule has 0 bridgehead atoms. The Morgan fingerprint density at radius 1 is 1.64 bits per heavy atom. The van der Waals surface area contributed by atoms with E-state index in [4.69, 9.17) is 0 Å². The Bertz CT molecular complexity index is 288. The maximum atomic E-state index is 4.17. The average Bonchev–Trinajstić information content (AvgIpc) is 2.85. The molecule has 1 unspecified atom stereocenters. The second-order valence-corrected chi connectivity index (χ2v) is 4.45. The lowest BCUT2D eigenvalue weighted by atomic mass is 10.1. The normalized spacial score (nSPS) is 18.4. The smallest absolute Gasteiger partial charge is 0.103 e. The van der Waals surface area contributed by atoms with Crippen LogP contribution < -0.4 is 5.32 Å². The minimum absolute atomic E-state index is 0.631. The van der Waals surface area contributed by atoms with Crippen molar-refractivity contribution >= 4 is 0 Å². The Kier molecular flexibility index (Phi) is 2.87. The molecule has 1 aromatic rings. The van der Waals surface area contributed by atoms with E-state index in [1.807, 2.05) is 13.1 Å². The van der Waals surface area contributed by atoms with Crippen LogP contribution in [-0.2, 0) is 6.54 Å². The summed E-state index contributed by atoms with van der Waals surface area (Å²) in [5.41, 5.74) is 1.19. The van der Waals surface area contributed by atoms with Crippen LogP contribution in [0.3, 0.4) is 0 Å². The molecule has 14 heavy (non-hydrogen) atoms. The van der Waals surface area contributed by atoms with Crippen molar-refractivity contribution in [2.24, 2.45) is 5.92 Å². The van der Waals surface area contributed by atoms with Gasteiger partial charge in [-0.3, -0.25) is 0 Å². The van der Waals surface area contributed by atoms with Crippen LogP contribution in [0.15, 0.2) is 6.20 Å². The van der Waals surface area contributed by atoms with Gasteiger partial charge in [0.1, 0.15) is 5.82 Å². The molecule has 0 aliphatic heterocycles. The van der Waals surface area contributed by atoms with Crippen LogP contribution in [0.4, 0.5) is 0 Å². The fourth-order valence-electron chi connectivity index (χ4n) is 1.78. The van der Waals surface area contributed by atoms with E-state index in [1.54, 1.807) is 0 Å². The van der Waals surface area contributed by atoms with E-state index in [1.165, 1.54) is 25.0 Å². The number of rotatable bonds is 5. The van der Waals surface area contributed by atoms with Gasteiger partial charge < -0.3 is 10.3 Å². The summed E-state index contributed by atoms with van der Waals surface area (Å²) in [5, 5.41) is 3.51. The minimum atomic E-state index is 0.631. The predicted octanol–water partition coefficient (Wildman–Crippen LogP) is 2.00. The second-order valence-electron chi connectivity index (χ2n) is 4.45. The predicted molar refractivity (Wildman–Crippen MR) is 57.0 cm³/mol. The van der Waals surface area contributed by atoms with Gasteiger partial charge in [-0.25, -0.2) is 4.98 Å². The van der Waals surface area contributed by atoms with Crippen molar-refractivity contribution in [2.75, 3.05) is 0 Å². The van der Waals surface area contributed by atoms with Crippen molar-refractivity contribution in [2.45, 2.75) is 45.7 Å². The van der Waals surface area contributed by atoms with Crippen LogP contribution in [-0.4, -0.2) is 16.0 Å². The molecule has 3 nitrogen and oxygen atoms in total. The third-order valence-corrected chi connectivity index (χ3v) is 2.78. The number of hydrogen-bond donors (Lipinski definition) is 2. The van der Waals surface area contributed by atoms with Crippen LogP contribution in [0.5, 0.6) is 0 Å². The third-order valence-electron chi connectivity index (χ3n) is 2.78. The van der Waals surface area contributed by atoms with Gasteiger partial charge in [-0.15, -0.1) is 0 Å². The number of aromatic amines is 1. The van der Waals surface area contributed by atoms with Crippen LogP contribution >= 0.6 is 0 Å². The molecule has 78 valence electrons. The van der Waals surface area contributed by atoms with Gasteiger partial charge in [0.05, 0.1) is 0 Å².